The second-order valence-electron chi connectivity index (χ2n) is 8.22. The first kappa shape index (κ1) is 23.6. The first-order chi connectivity index (χ1) is 17.0. The van der Waals surface area contributed by atoms with Crippen molar-refractivity contribution in [3.63, 3.8) is 0 Å². The molecule has 0 fully saturated rings. The number of ether oxygens (including phenoxy) is 1. The van der Waals surface area contributed by atoms with Gasteiger partial charge in [-0.2, -0.15) is 0 Å². The van der Waals surface area contributed by atoms with E-state index in [2.05, 4.69) is 0 Å². The molecule has 3 nitrogen and oxygen atoms in total. The lowest BCUT2D eigenvalue weighted by Crippen LogP contribution is -2.23. The highest BCUT2D eigenvalue weighted by atomic mass is 35.5. The Balaban J connectivity index is 1.66. The van der Waals surface area contributed by atoms with Gasteiger partial charge in [0.05, 0.1) is 15.6 Å². The van der Waals surface area contributed by atoms with Gasteiger partial charge in [-0.1, -0.05) is 96.0 Å². The fourth-order valence-corrected chi connectivity index (χ4v) is 5.57. The van der Waals surface area contributed by atoms with E-state index in [4.69, 9.17) is 27.9 Å². The van der Waals surface area contributed by atoms with Crippen LogP contribution in [0.3, 0.4) is 0 Å². The molecule has 0 radical (unpaired) electrons. The van der Waals surface area contributed by atoms with Gasteiger partial charge < -0.3 is 4.74 Å². The van der Waals surface area contributed by atoms with Crippen LogP contribution in [0.4, 0.5) is 0 Å². The SMILES string of the molecule is O=C1O[C@@H]([C@H](CC(=O)c2ccccc2)c2cccs2)C(c2ccc(Cl)c(Cl)c2)=C1c1ccccc1. The topological polar surface area (TPSA) is 43.4 Å². The second-order valence-corrected chi connectivity index (χ2v) is 10.0. The summed E-state index contributed by atoms with van der Waals surface area (Å²) in [5, 5.41) is 2.77. The van der Waals surface area contributed by atoms with Gasteiger partial charge in [0.1, 0.15) is 6.10 Å². The molecule has 1 aliphatic heterocycles. The molecule has 1 aliphatic rings. The molecule has 3 aromatic carbocycles. The first-order valence-electron chi connectivity index (χ1n) is 11.1. The molecule has 35 heavy (non-hydrogen) atoms. The van der Waals surface area contributed by atoms with E-state index in [1.54, 1.807) is 35.6 Å². The van der Waals surface area contributed by atoms with E-state index in [-0.39, 0.29) is 18.1 Å². The van der Waals surface area contributed by atoms with Gasteiger partial charge in [0.25, 0.3) is 0 Å². The number of hydrogen-bond acceptors (Lipinski definition) is 4. The van der Waals surface area contributed by atoms with Crippen molar-refractivity contribution in [1.29, 1.82) is 0 Å². The molecule has 0 unspecified atom stereocenters. The standard InChI is InChI=1S/C29H20Cl2O3S/c30-22-14-13-20(16-23(22)31)26-27(19-10-5-2-6-11-19)29(33)34-28(26)21(25-12-7-15-35-25)17-24(32)18-8-3-1-4-9-18/h1-16,21,28H,17H2/t21-,28+/m1/s1. The van der Waals surface area contributed by atoms with Crippen molar-refractivity contribution in [1.82, 2.24) is 0 Å². The number of esters is 1. The summed E-state index contributed by atoms with van der Waals surface area (Å²) in [5.41, 5.74) is 3.30. The minimum atomic E-state index is -0.665. The van der Waals surface area contributed by atoms with Crippen LogP contribution in [-0.2, 0) is 9.53 Å². The van der Waals surface area contributed by atoms with E-state index in [0.29, 0.717) is 26.8 Å². The number of halogens is 2. The van der Waals surface area contributed by atoms with E-state index in [1.165, 1.54) is 0 Å². The van der Waals surface area contributed by atoms with Crippen LogP contribution >= 0.6 is 34.5 Å². The summed E-state index contributed by atoms with van der Waals surface area (Å²) in [5.74, 6) is -0.796. The number of ketones is 1. The summed E-state index contributed by atoms with van der Waals surface area (Å²) in [4.78, 5) is 27.6. The molecule has 0 spiro atoms. The third kappa shape index (κ3) is 4.83. The molecule has 0 saturated heterocycles. The van der Waals surface area contributed by atoms with E-state index >= 15 is 0 Å². The van der Waals surface area contributed by atoms with E-state index in [9.17, 15) is 9.59 Å². The van der Waals surface area contributed by atoms with Gasteiger partial charge in [0, 0.05) is 28.4 Å². The minimum absolute atomic E-state index is 0.0123. The Hall–Kier alpha value is -3.18. The number of carbonyl (C=O) groups excluding carboxylic acids is 2. The minimum Gasteiger partial charge on any atom is -0.453 e. The predicted molar refractivity (Wildman–Crippen MR) is 142 cm³/mol. The Morgan fingerprint density at radius 1 is 0.857 bits per heavy atom. The molecule has 6 heteroatoms. The Morgan fingerprint density at radius 2 is 1.57 bits per heavy atom. The number of benzene rings is 3. The first-order valence-corrected chi connectivity index (χ1v) is 12.7. The van der Waals surface area contributed by atoms with Crippen LogP contribution in [0.25, 0.3) is 11.1 Å². The zero-order chi connectivity index (χ0) is 24.4. The lowest BCUT2D eigenvalue weighted by molar-refractivity contribution is -0.138. The molecule has 174 valence electrons. The quantitative estimate of drug-likeness (QED) is 0.184. The van der Waals surface area contributed by atoms with Crippen molar-refractivity contribution >= 4 is 57.4 Å². The summed E-state index contributed by atoms with van der Waals surface area (Å²) < 4.78 is 6.05. The van der Waals surface area contributed by atoms with Crippen LogP contribution in [-0.4, -0.2) is 17.9 Å². The fourth-order valence-electron chi connectivity index (χ4n) is 4.42. The average Bonchev–Trinajstić information content (AvgIpc) is 3.53. The smallest absolute Gasteiger partial charge is 0.339 e. The maximum absolute atomic E-state index is 13.3. The molecule has 1 aromatic heterocycles. The highest BCUT2D eigenvalue weighted by molar-refractivity contribution is 7.10. The predicted octanol–water partition coefficient (Wildman–Crippen LogP) is 7.95. The summed E-state index contributed by atoms with van der Waals surface area (Å²) in [7, 11) is 0. The maximum Gasteiger partial charge on any atom is 0.339 e. The van der Waals surface area contributed by atoms with Crippen LogP contribution in [0, 0.1) is 0 Å². The van der Waals surface area contributed by atoms with Gasteiger partial charge in [0.2, 0.25) is 0 Å². The van der Waals surface area contributed by atoms with Crippen molar-refractivity contribution in [2.75, 3.05) is 0 Å². The number of rotatable bonds is 7. The average molecular weight is 519 g/mol. The molecule has 4 aromatic rings. The van der Waals surface area contributed by atoms with Gasteiger partial charge in [-0.15, -0.1) is 11.3 Å². The van der Waals surface area contributed by atoms with Crippen molar-refractivity contribution in [3.05, 3.63) is 128 Å². The Morgan fingerprint density at radius 3 is 2.23 bits per heavy atom. The summed E-state index contributed by atoms with van der Waals surface area (Å²) in [6.07, 6.45) is -0.476. The normalized spacial score (nSPS) is 16.3. The van der Waals surface area contributed by atoms with Crippen molar-refractivity contribution in [2.45, 2.75) is 18.4 Å². The second kappa shape index (κ2) is 10.2. The molecule has 0 bridgehead atoms. The lowest BCUT2D eigenvalue weighted by Gasteiger charge is -2.24. The summed E-state index contributed by atoms with van der Waals surface area (Å²) in [6, 6.07) is 27.8. The van der Waals surface area contributed by atoms with Crippen LogP contribution < -0.4 is 0 Å². The molecule has 2 atom stereocenters. The Bertz CT molecular complexity index is 1400. The van der Waals surface area contributed by atoms with Crippen LogP contribution in [0.15, 0.2) is 96.4 Å². The fraction of sp³-hybridized carbons (Fsp3) is 0.103. The van der Waals surface area contributed by atoms with E-state index < -0.39 is 12.1 Å². The number of cyclic esters (lactones) is 1. The molecule has 0 amide bonds. The highest BCUT2D eigenvalue weighted by Crippen LogP contribution is 2.46. The van der Waals surface area contributed by atoms with Crippen molar-refractivity contribution < 1.29 is 14.3 Å². The molecule has 0 N–H and O–H groups in total. The van der Waals surface area contributed by atoms with Crippen LogP contribution in [0.1, 0.15) is 38.7 Å². The van der Waals surface area contributed by atoms with Crippen LogP contribution in [0.2, 0.25) is 10.0 Å². The summed E-state index contributed by atoms with van der Waals surface area (Å²) >= 11 is 14.1. The highest BCUT2D eigenvalue weighted by Gasteiger charge is 2.42. The Labute approximate surface area is 217 Å². The van der Waals surface area contributed by atoms with Gasteiger partial charge >= 0.3 is 5.97 Å². The number of hydrogen-bond donors (Lipinski definition) is 0. The number of thiophene rings is 1. The van der Waals surface area contributed by atoms with E-state index in [0.717, 1.165) is 16.0 Å². The van der Waals surface area contributed by atoms with Gasteiger partial charge in [-0.25, -0.2) is 4.79 Å². The van der Waals surface area contributed by atoms with Gasteiger partial charge in [0.15, 0.2) is 5.78 Å². The van der Waals surface area contributed by atoms with Crippen LogP contribution in [0.5, 0.6) is 0 Å². The lowest BCUT2D eigenvalue weighted by atomic mass is 9.83. The Kier molecular flexibility index (Phi) is 6.87. The third-order valence-electron chi connectivity index (χ3n) is 6.06. The molecule has 5 rings (SSSR count). The summed E-state index contributed by atoms with van der Waals surface area (Å²) in [6.45, 7) is 0. The third-order valence-corrected chi connectivity index (χ3v) is 7.80. The largest absolute Gasteiger partial charge is 0.453 e. The zero-order valence-electron chi connectivity index (χ0n) is 18.5. The molecular weight excluding hydrogens is 499 g/mol. The maximum atomic E-state index is 13.3. The number of carbonyl (C=O) groups is 2. The van der Waals surface area contributed by atoms with Crippen molar-refractivity contribution in [3.8, 4) is 0 Å². The van der Waals surface area contributed by atoms with Gasteiger partial charge in [-0.3, -0.25) is 4.79 Å². The molecule has 2 heterocycles. The monoisotopic (exact) mass is 518 g/mol. The zero-order valence-corrected chi connectivity index (χ0v) is 20.8. The molecular formula is C29H20Cl2O3S. The van der Waals surface area contributed by atoms with Crippen molar-refractivity contribution in [2.24, 2.45) is 0 Å². The number of Topliss-reactive ketones (excluding diaryl/α,β-unsaturated/α-hetero) is 1. The van der Waals surface area contributed by atoms with E-state index in [1.807, 2.05) is 72.1 Å². The molecule has 0 saturated carbocycles. The molecule has 0 aliphatic carbocycles. The van der Waals surface area contributed by atoms with Gasteiger partial charge in [-0.05, 0) is 34.7 Å².